The molecule has 0 spiro atoms. The van der Waals surface area contributed by atoms with Crippen LogP contribution in [0, 0.1) is 11.7 Å². The van der Waals surface area contributed by atoms with Crippen molar-refractivity contribution in [3.05, 3.63) is 60.4 Å². The molecule has 7 nitrogen and oxygen atoms in total. The third-order valence-corrected chi connectivity index (χ3v) is 5.38. The van der Waals surface area contributed by atoms with E-state index in [9.17, 15) is 14.0 Å². The fourth-order valence-corrected chi connectivity index (χ4v) is 3.71. The fourth-order valence-electron chi connectivity index (χ4n) is 2.86. The highest BCUT2D eigenvalue weighted by atomic mass is 32.2. The van der Waals surface area contributed by atoms with E-state index in [0.717, 1.165) is 11.8 Å². The van der Waals surface area contributed by atoms with Gasteiger partial charge in [-0.15, -0.1) is 10.2 Å². The maximum absolute atomic E-state index is 14.3. The first-order valence-corrected chi connectivity index (χ1v) is 10.7. The van der Waals surface area contributed by atoms with Crippen molar-refractivity contribution in [1.29, 1.82) is 0 Å². The standard InChI is InChI=1S/C22H24FN5O2S/c1-14(2)13-28-19(17-11-7-8-12-18(17)23)26-27-22(28)31-15(3)20(29)25-21(30)24-16-9-5-4-6-10-16/h4-12,14-15H,13H2,1-3H3,(H2,24,25,29,30). The van der Waals surface area contributed by atoms with Crippen molar-refractivity contribution >= 4 is 29.4 Å². The Kier molecular flexibility index (Phi) is 7.41. The quantitative estimate of drug-likeness (QED) is 0.525. The molecule has 0 radical (unpaired) electrons. The lowest BCUT2D eigenvalue weighted by molar-refractivity contribution is -0.119. The van der Waals surface area contributed by atoms with Crippen molar-refractivity contribution in [3.63, 3.8) is 0 Å². The zero-order valence-electron chi connectivity index (χ0n) is 17.5. The highest BCUT2D eigenvalue weighted by Crippen LogP contribution is 2.29. The summed E-state index contributed by atoms with van der Waals surface area (Å²) in [6, 6.07) is 14.6. The number of rotatable bonds is 7. The summed E-state index contributed by atoms with van der Waals surface area (Å²) >= 11 is 1.16. The molecule has 2 aromatic carbocycles. The van der Waals surface area contributed by atoms with Crippen molar-refractivity contribution in [2.45, 2.75) is 37.7 Å². The molecule has 0 bridgehead atoms. The Hall–Kier alpha value is -3.20. The molecule has 0 saturated carbocycles. The van der Waals surface area contributed by atoms with Crippen LogP contribution in [-0.2, 0) is 11.3 Å². The van der Waals surface area contributed by atoms with Gasteiger partial charge in [-0.25, -0.2) is 9.18 Å². The molecule has 1 unspecified atom stereocenters. The number of para-hydroxylation sites is 1. The lowest BCUT2D eigenvalue weighted by atomic mass is 10.2. The summed E-state index contributed by atoms with van der Waals surface area (Å²) in [5.74, 6) is -0.199. The molecule has 3 amide bonds. The minimum atomic E-state index is -0.620. The number of hydrogen-bond acceptors (Lipinski definition) is 5. The minimum Gasteiger partial charge on any atom is -0.308 e. The number of carbonyl (C=O) groups excluding carboxylic acids is 2. The molecule has 162 valence electrons. The van der Waals surface area contributed by atoms with Crippen molar-refractivity contribution in [1.82, 2.24) is 20.1 Å². The molecule has 0 aliphatic heterocycles. The molecule has 3 rings (SSSR count). The normalized spacial score (nSPS) is 11.9. The van der Waals surface area contributed by atoms with Crippen LogP contribution in [0.1, 0.15) is 20.8 Å². The Balaban J connectivity index is 1.73. The van der Waals surface area contributed by atoms with Gasteiger partial charge in [0.05, 0.1) is 10.8 Å². The molecular weight excluding hydrogens is 417 g/mol. The summed E-state index contributed by atoms with van der Waals surface area (Å²) in [5, 5.41) is 13.2. The first kappa shape index (κ1) is 22.5. The summed E-state index contributed by atoms with van der Waals surface area (Å²) in [6.45, 7) is 6.29. The van der Waals surface area contributed by atoms with E-state index in [0.29, 0.717) is 28.8 Å². The number of halogens is 1. The molecule has 1 aromatic heterocycles. The van der Waals surface area contributed by atoms with Crippen LogP contribution in [0.5, 0.6) is 0 Å². The summed E-state index contributed by atoms with van der Waals surface area (Å²) in [5.41, 5.74) is 0.932. The molecule has 9 heteroatoms. The van der Waals surface area contributed by atoms with Gasteiger partial charge in [0.2, 0.25) is 5.91 Å². The second kappa shape index (κ2) is 10.2. The Morgan fingerprint density at radius 2 is 1.71 bits per heavy atom. The topological polar surface area (TPSA) is 88.9 Å². The van der Waals surface area contributed by atoms with Crippen LogP contribution in [-0.4, -0.2) is 32.0 Å². The van der Waals surface area contributed by atoms with Crippen LogP contribution in [0.2, 0.25) is 0 Å². The monoisotopic (exact) mass is 441 g/mol. The van der Waals surface area contributed by atoms with Gasteiger partial charge in [0.25, 0.3) is 0 Å². The Labute approximate surface area is 184 Å². The van der Waals surface area contributed by atoms with Crippen LogP contribution in [0.4, 0.5) is 14.9 Å². The van der Waals surface area contributed by atoms with E-state index in [2.05, 4.69) is 20.8 Å². The first-order chi connectivity index (χ1) is 14.8. The van der Waals surface area contributed by atoms with Crippen molar-refractivity contribution in [2.75, 3.05) is 5.32 Å². The predicted octanol–water partition coefficient (Wildman–Crippen LogP) is 4.57. The highest BCUT2D eigenvalue weighted by molar-refractivity contribution is 8.00. The zero-order valence-corrected chi connectivity index (χ0v) is 18.3. The average Bonchev–Trinajstić information content (AvgIpc) is 3.10. The summed E-state index contributed by atoms with van der Waals surface area (Å²) < 4.78 is 16.1. The van der Waals surface area contributed by atoms with Gasteiger partial charge >= 0.3 is 6.03 Å². The summed E-state index contributed by atoms with van der Waals surface area (Å²) in [6.07, 6.45) is 0. The number of anilines is 1. The second-order valence-corrected chi connectivity index (χ2v) is 8.67. The fraction of sp³-hybridized carbons (Fsp3) is 0.273. The third-order valence-electron chi connectivity index (χ3n) is 4.30. The molecule has 1 heterocycles. The van der Waals surface area contributed by atoms with E-state index in [1.165, 1.54) is 6.07 Å². The third kappa shape index (κ3) is 5.91. The maximum atomic E-state index is 14.3. The first-order valence-electron chi connectivity index (χ1n) is 9.86. The molecule has 0 aliphatic rings. The zero-order chi connectivity index (χ0) is 22.4. The van der Waals surface area contributed by atoms with E-state index in [1.807, 2.05) is 24.5 Å². The number of nitrogens with zero attached hydrogens (tertiary/aromatic N) is 3. The van der Waals surface area contributed by atoms with Gasteiger partial charge in [-0.1, -0.05) is 55.9 Å². The molecule has 3 aromatic rings. The van der Waals surface area contributed by atoms with E-state index in [4.69, 9.17) is 0 Å². The predicted molar refractivity (Wildman–Crippen MR) is 119 cm³/mol. The number of amides is 3. The van der Waals surface area contributed by atoms with Crippen LogP contribution in [0.3, 0.4) is 0 Å². The smallest absolute Gasteiger partial charge is 0.308 e. The van der Waals surface area contributed by atoms with Gasteiger partial charge in [0.1, 0.15) is 5.82 Å². The van der Waals surface area contributed by atoms with Crippen molar-refractivity contribution in [3.8, 4) is 11.4 Å². The average molecular weight is 442 g/mol. The summed E-state index contributed by atoms with van der Waals surface area (Å²) in [4.78, 5) is 24.6. The molecule has 31 heavy (non-hydrogen) atoms. The minimum absolute atomic E-state index is 0.252. The van der Waals surface area contributed by atoms with E-state index >= 15 is 0 Å². The van der Waals surface area contributed by atoms with Gasteiger partial charge in [-0.3, -0.25) is 10.1 Å². The molecule has 0 fully saturated rings. The second-order valence-electron chi connectivity index (χ2n) is 7.36. The number of hydrogen-bond donors (Lipinski definition) is 2. The molecule has 0 saturated heterocycles. The van der Waals surface area contributed by atoms with Gasteiger partial charge in [-0.2, -0.15) is 0 Å². The van der Waals surface area contributed by atoms with Gasteiger partial charge in [0, 0.05) is 12.2 Å². The van der Waals surface area contributed by atoms with Crippen molar-refractivity contribution < 1.29 is 14.0 Å². The van der Waals surface area contributed by atoms with Crippen LogP contribution in [0.15, 0.2) is 59.8 Å². The maximum Gasteiger partial charge on any atom is 0.325 e. The molecule has 0 aliphatic carbocycles. The number of benzene rings is 2. The lowest BCUT2D eigenvalue weighted by Gasteiger charge is -2.15. The van der Waals surface area contributed by atoms with Gasteiger partial charge < -0.3 is 9.88 Å². The largest absolute Gasteiger partial charge is 0.325 e. The number of carbonyl (C=O) groups is 2. The van der Waals surface area contributed by atoms with Gasteiger partial charge in [-0.05, 0) is 37.1 Å². The van der Waals surface area contributed by atoms with Crippen LogP contribution >= 0.6 is 11.8 Å². The van der Waals surface area contributed by atoms with Crippen LogP contribution < -0.4 is 10.6 Å². The molecule has 2 N–H and O–H groups in total. The Morgan fingerprint density at radius 3 is 2.39 bits per heavy atom. The van der Waals surface area contributed by atoms with Crippen molar-refractivity contribution in [2.24, 2.45) is 5.92 Å². The number of urea groups is 1. The number of aromatic nitrogens is 3. The highest BCUT2D eigenvalue weighted by Gasteiger charge is 2.23. The number of nitrogens with one attached hydrogen (secondary N) is 2. The number of imide groups is 1. The SMILES string of the molecule is CC(C)Cn1c(SC(C)C(=O)NC(=O)Nc2ccccc2)nnc1-c1ccccc1F. The van der Waals surface area contributed by atoms with Gasteiger partial charge in [0.15, 0.2) is 11.0 Å². The molecule has 1 atom stereocenters. The van der Waals surface area contributed by atoms with E-state index < -0.39 is 17.2 Å². The number of thioether (sulfide) groups is 1. The summed E-state index contributed by atoms with van der Waals surface area (Å²) in [7, 11) is 0. The van der Waals surface area contributed by atoms with Crippen LogP contribution in [0.25, 0.3) is 11.4 Å². The lowest BCUT2D eigenvalue weighted by Crippen LogP contribution is -2.39. The Morgan fingerprint density at radius 1 is 1.03 bits per heavy atom. The van der Waals surface area contributed by atoms with E-state index in [1.54, 1.807) is 49.4 Å². The molecular formula is C22H24FN5O2S. The van der Waals surface area contributed by atoms with E-state index in [-0.39, 0.29) is 11.7 Å². The Bertz CT molecular complexity index is 1060.